The number of nitrogens with zero attached hydrogens (tertiary/aromatic N) is 5. The lowest BCUT2D eigenvalue weighted by molar-refractivity contribution is -0.137. The maximum atomic E-state index is 13.8. The van der Waals surface area contributed by atoms with Crippen LogP contribution in [0.3, 0.4) is 0 Å². The highest BCUT2D eigenvalue weighted by Gasteiger charge is 2.36. The maximum Gasteiger partial charge on any atom is 0.421 e. The van der Waals surface area contributed by atoms with Gasteiger partial charge in [-0.05, 0) is 43.2 Å². The fraction of sp³-hybridized carbons (Fsp3) is 0.333. The molecule has 1 aliphatic rings. The highest BCUT2D eigenvalue weighted by molar-refractivity contribution is 7.53. The van der Waals surface area contributed by atoms with Crippen LogP contribution in [-0.2, 0) is 32.5 Å². The van der Waals surface area contributed by atoms with Crippen molar-refractivity contribution in [3.63, 3.8) is 0 Å². The van der Waals surface area contributed by atoms with Crippen LogP contribution < -0.4 is 10.8 Å². The molecule has 0 bridgehead atoms. The largest absolute Gasteiger partial charge is 0.427 e. The molecule has 2 aromatic heterocycles. The number of rotatable bonds is 9. The third-order valence-electron chi connectivity index (χ3n) is 5.67. The Bertz CT molecular complexity index is 1480. The van der Waals surface area contributed by atoms with E-state index >= 15 is 0 Å². The van der Waals surface area contributed by atoms with E-state index in [2.05, 4.69) is 20.3 Å². The van der Waals surface area contributed by atoms with E-state index in [1.54, 1.807) is 38.1 Å². The van der Waals surface area contributed by atoms with Crippen molar-refractivity contribution in [2.24, 2.45) is 4.99 Å². The summed E-state index contributed by atoms with van der Waals surface area (Å²) in [6, 6.07) is 8.02. The number of halogens is 3. The summed E-state index contributed by atoms with van der Waals surface area (Å²) in [4.78, 5) is 25.6. The van der Waals surface area contributed by atoms with Crippen molar-refractivity contribution >= 4 is 31.0 Å². The van der Waals surface area contributed by atoms with Crippen molar-refractivity contribution in [3.05, 3.63) is 70.5 Å². The third kappa shape index (κ3) is 6.29. The standard InChI is InChI=1S/C24H26F3N6O5P/c1-4-37-39(36,38-5-2)14-15-6-8-17(9-7-15)29-23-28-12-18(24(25,26)27)20(31-23)30-21-19-16(10-11-33(21)35)13-32(3)22(19)34/h6-12,35H,4-5,13-14H2,1-3H3,(H,28,29,31). The molecular weight excluding hydrogens is 540 g/mol. The van der Waals surface area contributed by atoms with Gasteiger partial charge in [-0.15, -0.1) is 0 Å². The lowest BCUT2D eigenvalue weighted by Crippen LogP contribution is -2.28. The molecule has 0 radical (unpaired) electrons. The average molecular weight is 566 g/mol. The maximum absolute atomic E-state index is 13.8. The van der Waals surface area contributed by atoms with Gasteiger partial charge >= 0.3 is 13.8 Å². The van der Waals surface area contributed by atoms with Crippen LogP contribution in [-0.4, -0.2) is 51.0 Å². The zero-order valence-electron chi connectivity index (χ0n) is 21.3. The van der Waals surface area contributed by atoms with E-state index < -0.39 is 31.1 Å². The Balaban J connectivity index is 1.68. The topological polar surface area (TPSA) is 131 Å². The summed E-state index contributed by atoms with van der Waals surface area (Å²) in [5.41, 5.74) is -0.0463. The van der Waals surface area contributed by atoms with E-state index in [1.807, 2.05) is 0 Å². The van der Waals surface area contributed by atoms with Crippen LogP contribution in [0.15, 0.2) is 47.7 Å². The molecule has 0 unspecified atom stereocenters. The molecule has 15 heteroatoms. The van der Waals surface area contributed by atoms with E-state index in [0.717, 1.165) is 0 Å². The summed E-state index contributed by atoms with van der Waals surface area (Å²) < 4.78 is 65.1. The quantitative estimate of drug-likeness (QED) is 0.277. The zero-order chi connectivity index (χ0) is 28.4. The van der Waals surface area contributed by atoms with Crippen molar-refractivity contribution in [1.82, 2.24) is 19.6 Å². The first-order valence-electron chi connectivity index (χ1n) is 11.9. The molecule has 0 atom stereocenters. The Labute approximate surface area is 221 Å². The number of anilines is 2. The number of hydrogen-bond donors (Lipinski definition) is 2. The minimum atomic E-state index is -4.85. The molecule has 11 nitrogen and oxygen atoms in total. The Hall–Kier alpha value is -3.74. The number of aromatic nitrogens is 3. The monoisotopic (exact) mass is 566 g/mol. The molecule has 0 fully saturated rings. The predicted octanol–water partition coefficient (Wildman–Crippen LogP) is 4.86. The summed E-state index contributed by atoms with van der Waals surface area (Å²) >= 11 is 0. The molecule has 1 aromatic carbocycles. The van der Waals surface area contributed by atoms with Crippen molar-refractivity contribution in [2.45, 2.75) is 32.7 Å². The molecule has 2 N–H and O–H groups in total. The van der Waals surface area contributed by atoms with E-state index in [-0.39, 0.29) is 42.9 Å². The van der Waals surface area contributed by atoms with Gasteiger partial charge in [0.25, 0.3) is 5.91 Å². The van der Waals surface area contributed by atoms with Gasteiger partial charge in [-0.1, -0.05) is 12.1 Å². The Morgan fingerprint density at radius 2 is 1.82 bits per heavy atom. The molecule has 3 aromatic rings. The van der Waals surface area contributed by atoms with Gasteiger partial charge in [-0.25, -0.2) is 9.98 Å². The van der Waals surface area contributed by atoms with Gasteiger partial charge in [0.05, 0.1) is 24.9 Å². The molecule has 1 aliphatic heterocycles. The van der Waals surface area contributed by atoms with Crippen molar-refractivity contribution in [1.29, 1.82) is 0 Å². The lowest BCUT2D eigenvalue weighted by atomic mass is 10.2. The van der Waals surface area contributed by atoms with Crippen molar-refractivity contribution < 1.29 is 36.8 Å². The second kappa shape index (κ2) is 11.2. The molecule has 1 amide bonds. The van der Waals surface area contributed by atoms with Crippen LogP contribution in [0.2, 0.25) is 0 Å². The summed E-state index contributed by atoms with van der Waals surface area (Å²) in [5.74, 6) is -1.49. The predicted molar refractivity (Wildman–Crippen MR) is 134 cm³/mol. The van der Waals surface area contributed by atoms with Crippen LogP contribution in [0.5, 0.6) is 0 Å². The lowest BCUT2D eigenvalue weighted by Gasteiger charge is -2.17. The van der Waals surface area contributed by atoms with Gasteiger partial charge in [0.1, 0.15) is 5.56 Å². The summed E-state index contributed by atoms with van der Waals surface area (Å²) in [6.45, 7) is 4.10. The number of amides is 1. The van der Waals surface area contributed by atoms with Crippen LogP contribution >= 0.6 is 7.60 Å². The van der Waals surface area contributed by atoms with Crippen LogP contribution in [0.1, 0.15) is 40.9 Å². The number of carbonyl (C=O) groups excluding carboxylic acids is 1. The van der Waals surface area contributed by atoms with Gasteiger partial charge in [-0.3, -0.25) is 9.36 Å². The van der Waals surface area contributed by atoms with Crippen LogP contribution in [0.25, 0.3) is 0 Å². The molecule has 0 saturated carbocycles. The van der Waals surface area contributed by atoms with Gasteiger partial charge < -0.3 is 24.5 Å². The Morgan fingerprint density at radius 3 is 2.44 bits per heavy atom. The van der Waals surface area contributed by atoms with Crippen LogP contribution in [0.4, 0.5) is 30.6 Å². The minimum Gasteiger partial charge on any atom is -0.427 e. The minimum absolute atomic E-state index is 0.0178. The first-order chi connectivity index (χ1) is 18.4. The SMILES string of the molecule is CCOP(=O)(Cc1ccc(Nc2ncc(C(F)(F)F)c(N=c3c4c(ccn3O)CN(C)C4=O)n2)cc1)OCC. The molecule has 3 heterocycles. The molecule has 0 saturated heterocycles. The average Bonchev–Trinajstić information content (AvgIpc) is 3.15. The van der Waals surface area contributed by atoms with E-state index in [1.165, 1.54) is 24.2 Å². The first kappa shape index (κ1) is 28.3. The fourth-order valence-electron chi connectivity index (χ4n) is 3.95. The fourth-order valence-corrected chi connectivity index (χ4v) is 5.65. The summed E-state index contributed by atoms with van der Waals surface area (Å²) in [6.07, 6.45) is -3.05. The number of benzene rings is 1. The van der Waals surface area contributed by atoms with Gasteiger partial charge in [0.15, 0.2) is 11.3 Å². The van der Waals surface area contributed by atoms with Gasteiger partial charge in [0.2, 0.25) is 5.95 Å². The van der Waals surface area contributed by atoms with E-state index in [0.29, 0.717) is 27.7 Å². The summed E-state index contributed by atoms with van der Waals surface area (Å²) in [7, 11) is -1.79. The number of alkyl halides is 3. The Kier molecular flexibility index (Phi) is 8.09. The summed E-state index contributed by atoms with van der Waals surface area (Å²) in [5, 5.41) is 13.1. The third-order valence-corrected chi connectivity index (χ3v) is 7.73. The molecule has 208 valence electrons. The molecule has 4 rings (SSSR count). The Morgan fingerprint density at radius 1 is 1.15 bits per heavy atom. The number of hydrogen-bond acceptors (Lipinski definition) is 9. The highest BCUT2D eigenvalue weighted by Crippen LogP contribution is 2.51. The molecule has 39 heavy (non-hydrogen) atoms. The zero-order valence-corrected chi connectivity index (χ0v) is 22.2. The second-order valence-electron chi connectivity index (χ2n) is 8.51. The molecule has 0 spiro atoms. The second-order valence-corrected chi connectivity index (χ2v) is 10.6. The number of nitrogens with one attached hydrogen (secondary N) is 1. The van der Waals surface area contributed by atoms with E-state index in [9.17, 15) is 27.7 Å². The van der Waals surface area contributed by atoms with Crippen molar-refractivity contribution in [3.8, 4) is 0 Å². The van der Waals surface area contributed by atoms with E-state index in [4.69, 9.17) is 9.05 Å². The van der Waals surface area contributed by atoms with Crippen LogP contribution in [0, 0.1) is 0 Å². The highest BCUT2D eigenvalue weighted by atomic mass is 31.2. The van der Waals surface area contributed by atoms with Gasteiger partial charge in [0, 0.05) is 31.7 Å². The number of fused-ring (bicyclic) bond motifs is 1. The first-order valence-corrected chi connectivity index (χ1v) is 13.6. The molecule has 0 aliphatic carbocycles. The molecular formula is C24H26F3N6O5P. The number of carbonyl (C=O) groups is 1. The normalized spacial score (nSPS) is 14.2. The smallest absolute Gasteiger partial charge is 0.421 e. The van der Waals surface area contributed by atoms with Crippen molar-refractivity contribution in [2.75, 3.05) is 25.6 Å². The van der Waals surface area contributed by atoms with Gasteiger partial charge in [-0.2, -0.15) is 22.9 Å². The number of pyridine rings is 1.